The van der Waals surface area contributed by atoms with Gasteiger partial charge >= 0.3 is 0 Å². The molecule has 1 aromatic heterocycles. The summed E-state index contributed by atoms with van der Waals surface area (Å²) in [5.74, 6) is 1.48. The fourth-order valence-electron chi connectivity index (χ4n) is 3.15. The van der Waals surface area contributed by atoms with Crippen LogP contribution in [0, 0.1) is 0 Å². The minimum Gasteiger partial charge on any atom is -0.467 e. The highest BCUT2D eigenvalue weighted by Crippen LogP contribution is 2.21. The predicted octanol–water partition coefficient (Wildman–Crippen LogP) is 2.71. The molecule has 1 aliphatic rings. The summed E-state index contributed by atoms with van der Waals surface area (Å²) in [6, 6.07) is 10.8. The number of rotatable bonds is 7. The zero-order valence-corrected chi connectivity index (χ0v) is 17.0. The van der Waals surface area contributed by atoms with E-state index in [0.717, 1.165) is 37.1 Å². The molecule has 0 bridgehead atoms. The first kappa shape index (κ1) is 20.4. The van der Waals surface area contributed by atoms with Gasteiger partial charge in [0.05, 0.1) is 24.2 Å². The Morgan fingerprint density at radius 2 is 1.96 bits per heavy atom. The van der Waals surface area contributed by atoms with Crippen LogP contribution in [0.1, 0.15) is 37.5 Å². The normalized spacial score (nSPS) is 16.1. The Balaban J connectivity index is 1.68. The number of guanidine groups is 1. The molecular weight excluding hydrogens is 376 g/mol. The van der Waals surface area contributed by atoms with Crippen LogP contribution in [0.3, 0.4) is 0 Å². The fourth-order valence-corrected chi connectivity index (χ4v) is 4.74. The van der Waals surface area contributed by atoms with E-state index >= 15 is 0 Å². The van der Waals surface area contributed by atoms with Gasteiger partial charge in [0.2, 0.25) is 10.0 Å². The van der Waals surface area contributed by atoms with Crippen LogP contribution in [-0.2, 0) is 23.1 Å². The summed E-state index contributed by atoms with van der Waals surface area (Å²) in [6.07, 6.45) is 4.58. The van der Waals surface area contributed by atoms with Crippen molar-refractivity contribution in [3.05, 3.63) is 54.0 Å². The first-order valence-corrected chi connectivity index (χ1v) is 11.2. The first-order chi connectivity index (χ1) is 13.6. The Kier molecular flexibility index (Phi) is 7.11. The third-order valence-corrected chi connectivity index (χ3v) is 6.52. The molecule has 28 heavy (non-hydrogen) atoms. The number of benzene rings is 1. The van der Waals surface area contributed by atoms with Crippen molar-refractivity contribution in [2.45, 2.75) is 44.2 Å². The maximum Gasteiger partial charge on any atom is 0.243 e. The number of nitrogens with zero attached hydrogens (tertiary/aromatic N) is 2. The van der Waals surface area contributed by atoms with Crippen molar-refractivity contribution in [1.82, 2.24) is 14.9 Å². The second kappa shape index (κ2) is 9.75. The number of sulfonamides is 1. The average Bonchev–Trinajstić information content (AvgIpc) is 3.24. The summed E-state index contributed by atoms with van der Waals surface area (Å²) in [5, 5.41) is 6.39. The van der Waals surface area contributed by atoms with Gasteiger partial charge in [-0.05, 0) is 49.6 Å². The van der Waals surface area contributed by atoms with Gasteiger partial charge in [-0.25, -0.2) is 13.4 Å². The highest BCUT2D eigenvalue weighted by atomic mass is 32.2. The maximum absolute atomic E-state index is 12.9. The van der Waals surface area contributed by atoms with Gasteiger partial charge in [-0.3, -0.25) is 0 Å². The zero-order chi connectivity index (χ0) is 19.8. The number of hydrogen-bond acceptors (Lipinski definition) is 4. The Morgan fingerprint density at radius 1 is 1.14 bits per heavy atom. The lowest BCUT2D eigenvalue weighted by Crippen LogP contribution is -2.36. The molecule has 1 aliphatic heterocycles. The second-order valence-corrected chi connectivity index (χ2v) is 8.68. The molecule has 0 spiro atoms. The highest BCUT2D eigenvalue weighted by molar-refractivity contribution is 7.89. The monoisotopic (exact) mass is 404 g/mol. The van der Waals surface area contributed by atoms with Gasteiger partial charge in [0.1, 0.15) is 5.76 Å². The van der Waals surface area contributed by atoms with Gasteiger partial charge in [0, 0.05) is 19.6 Å². The maximum atomic E-state index is 12.9. The molecule has 152 valence electrons. The SMILES string of the molecule is CCNC(=NCc1cccc(S(=O)(=O)N2CCCCC2)c1)NCc1ccco1. The lowest BCUT2D eigenvalue weighted by molar-refractivity contribution is 0.346. The largest absolute Gasteiger partial charge is 0.467 e. The van der Waals surface area contributed by atoms with Gasteiger partial charge < -0.3 is 15.1 Å². The van der Waals surface area contributed by atoms with Crippen LogP contribution in [0.2, 0.25) is 0 Å². The molecule has 2 aromatic rings. The molecule has 1 saturated heterocycles. The molecule has 8 heteroatoms. The average molecular weight is 405 g/mol. The van der Waals surface area contributed by atoms with E-state index < -0.39 is 10.0 Å². The van der Waals surface area contributed by atoms with E-state index in [4.69, 9.17) is 4.42 Å². The lowest BCUT2D eigenvalue weighted by Gasteiger charge is -2.26. The number of piperidine rings is 1. The van der Waals surface area contributed by atoms with E-state index in [1.165, 1.54) is 0 Å². The molecule has 0 atom stereocenters. The molecule has 2 N–H and O–H groups in total. The van der Waals surface area contributed by atoms with Crippen LogP contribution < -0.4 is 10.6 Å². The Hall–Kier alpha value is -2.32. The number of aliphatic imine (C=N–C) groups is 1. The molecule has 0 saturated carbocycles. The molecule has 0 aliphatic carbocycles. The Bertz CT molecular complexity index is 873. The molecular formula is C20H28N4O3S. The lowest BCUT2D eigenvalue weighted by atomic mass is 10.2. The topological polar surface area (TPSA) is 86.9 Å². The molecule has 0 unspecified atom stereocenters. The van der Waals surface area contributed by atoms with Crippen LogP contribution in [0.4, 0.5) is 0 Å². The van der Waals surface area contributed by atoms with Gasteiger partial charge in [0.25, 0.3) is 0 Å². The molecule has 0 amide bonds. The third kappa shape index (κ3) is 5.36. The summed E-state index contributed by atoms with van der Waals surface area (Å²) in [5.41, 5.74) is 0.855. The molecule has 2 heterocycles. The summed E-state index contributed by atoms with van der Waals surface area (Å²) < 4.78 is 32.6. The van der Waals surface area contributed by atoms with Crippen molar-refractivity contribution in [1.29, 1.82) is 0 Å². The van der Waals surface area contributed by atoms with E-state index in [9.17, 15) is 8.42 Å². The second-order valence-electron chi connectivity index (χ2n) is 6.74. The molecule has 7 nitrogen and oxygen atoms in total. The standard InChI is InChI=1S/C20H28N4O3S/c1-2-21-20(23-16-18-9-7-13-27-18)22-15-17-8-6-10-19(14-17)28(25,26)24-11-4-3-5-12-24/h6-10,13-14H,2-5,11-12,15-16H2,1H3,(H2,21,22,23). The van der Waals surface area contributed by atoms with Gasteiger partial charge in [-0.15, -0.1) is 0 Å². The van der Waals surface area contributed by atoms with E-state index in [2.05, 4.69) is 15.6 Å². The van der Waals surface area contributed by atoms with Crippen LogP contribution in [0.15, 0.2) is 57.0 Å². The van der Waals surface area contributed by atoms with Gasteiger partial charge in [-0.1, -0.05) is 18.6 Å². The molecule has 0 radical (unpaired) electrons. The predicted molar refractivity (Wildman–Crippen MR) is 109 cm³/mol. The summed E-state index contributed by atoms with van der Waals surface area (Å²) >= 11 is 0. The quantitative estimate of drug-likeness (QED) is 0.547. The molecule has 1 aromatic carbocycles. The highest BCUT2D eigenvalue weighted by Gasteiger charge is 2.25. The van der Waals surface area contributed by atoms with E-state index in [1.807, 2.05) is 25.1 Å². The minimum atomic E-state index is -3.43. The van der Waals surface area contributed by atoms with E-state index in [0.29, 0.717) is 37.0 Å². The van der Waals surface area contributed by atoms with Crippen LogP contribution in [-0.4, -0.2) is 38.3 Å². The fraction of sp³-hybridized carbons (Fsp3) is 0.450. The Labute approximate surface area is 166 Å². The van der Waals surface area contributed by atoms with Crippen molar-refractivity contribution in [3.63, 3.8) is 0 Å². The van der Waals surface area contributed by atoms with Gasteiger partial charge in [-0.2, -0.15) is 4.31 Å². The Morgan fingerprint density at radius 3 is 2.68 bits per heavy atom. The van der Waals surface area contributed by atoms with Crippen LogP contribution in [0.25, 0.3) is 0 Å². The molecule has 1 fully saturated rings. The van der Waals surface area contributed by atoms with Gasteiger partial charge in [0.15, 0.2) is 5.96 Å². The number of hydrogen-bond donors (Lipinski definition) is 2. The van der Waals surface area contributed by atoms with E-state index in [-0.39, 0.29) is 0 Å². The summed E-state index contributed by atoms with van der Waals surface area (Å²) in [6.45, 7) is 4.85. The van der Waals surface area contributed by atoms with Crippen molar-refractivity contribution in [2.75, 3.05) is 19.6 Å². The zero-order valence-electron chi connectivity index (χ0n) is 16.2. The minimum absolute atomic E-state index is 0.343. The van der Waals surface area contributed by atoms with E-state index in [1.54, 1.807) is 28.8 Å². The van der Waals surface area contributed by atoms with Crippen molar-refractivity contribution < 1.29 is 12.8 Å². The third-order valence-electron chi connectivity index (χ3n) is 4.63. The van der Waals surface area contributed by atoms with Crippen molar-refractivity contribution >= 4 is 16.0 Å². The van der Waals surface area contributed by atoms with Crippen LogP contribution in [0.5, 0.6) is 0 Å². The first-order valence-electron chi connectivity index (χ1n) is 9.73. The van der Waals surface area contributed by atoms with Crippen molar-refractivity contribution in [2.24, 2.45) is 4.99 Å². The molecule has 3 rings (SSSR count). The smallest absolute Gasteiger partial charge is 0.243 e. The van der Waals surface area contributed by atoms with Crippen LogP contribution >= 0.6 is 0 Å². The number of nitrogens with one attached hydrogen (secondary N) is 2. The summed E-state index contributed by atoms with van der Waals surface area (Å²) in [4.78, 5) is 4.91. The van der Waals surface area contributed by atoms with Crippen molar-refractivity contribution in [3.8, 4) is 0 Å². The number of furan rings is 1. The summed E-state index contributed by atoms with van der Waals surface area (Å²) in [7, 11) is -3.43.